The topological polar surface area (TPSA) is 48.0 Å². The van der Waals surface area contributed by atoms with Crippen LogP contribution in [0.25, 0.3) is 0 Å². The monoisotopic (exact) mass is 341 g/mol. The second-order valence-corrected chi connectivity index (χ2v) is 5.62. The van der Waals surface area contributed by atoms with Crippen molar-refractivity contribution in [2.45, 2.75) is 6.61 Å². The minimum absolute atomic E-state index is 0.169. The third kappa shape index (κ3) is 5.01. The van der Waals surface area contributed by atoms with Crippen LogP contribution in [-0.4, -0.2) is 39.0 Å². The van der Waals surface area contributed by atoms with E-state index in [2.05, 4.69) is 0 Å². The summed E-state index contributed by atoms with van der Waals surface area (Å²) in [7, 11) is 6.79. The maximum Gasteiger partial charge on any atom is 0.191 e. The molecule has 0 atom stereocenters. The van der Waals surface area contributed by atoms with Gasteiger partial charge >= 0.3 is 0 Å². The quantitative estimate of drug-likeness (QED) is 0.543. The average molecular weight is 341 g/mol. The minimum Gasteiger partial charge on any atom is -0.493 e. The zero-order chi connectivity index (χ0) is 18.2. The molecule has 0 bridgehead atoms. The van der Waals surface area contributed by atoms with Crippen LogP contribution in [0.3, 0.4) is 0 Å². The molecule has 0 spiro atoms. The Bertz CT molecular complexity index is 739. The number of carbonyl (C=O) groups excluding carboxylic acids is 1. The molecule has 0 aromatic heterocycles. The summed E-state index contributed by atoms with van der Waals surface area (Å²) in [6.07, 6.45) is 3.19. The fraction of sp³-hybridized carbons (Fsp3) is 0.250. The lowest BCUT2D eigenvalue weighted by molar-refractivity contribution is 0.104. The number of hydrogen-bond acceptors (Lipinski definition) is 5. The molecule has 2 aromatic rings. The molecule has 0 aliphatic heterocycles. The van der Waals surface area contributed by atoms with E-state index in [-0.39, 0.29) is 5.78 Å². The number of benzene rings is 2. The van der Waals surface area contributed by atoms with Crippen molar-refractivity contribution in [3.8, 4) is 17.2 Å². The molecular weight excluding hydrogens is 318 g/mol. The Balaban J connectivity index is 2.35. The zero-order valence-corrected chi connectivity index (χ0v) is 15.0. The molecule has 2 rings (SSSR count). The molecule has 0 fully saturated rings. The molecule has 5 heteroatoms. The van der Waals surface area contributed by atoms with Gasteiger partial charge in [-0.05, 0) is 11.6 Å². The van der Waals surface area contributed by atoms with Gasteiger partial charge < -0.3 is 19.1 Å². The number of hydrogen-bond donors (Lipinski definition) is 0. The van der Waals surface area contributed by atoms with Crippen LogP contribution in [0.15, 0.2) is 54.7 Å². The molecule has 5 nitrogen and oxygen atoms in total. The van der Waals surface area contributed by atoms with E-state index in [1.165, 1.54) is 13.2 Å². The number of ether oxygens (including phenoxy) is 3. The van der Waals surface area contributed by atoms with Crippen molar-refractivity contribution in [2.24, 2.45) is 0 Å². The lowest BCUT2D eigenvalue weighted by Crippen LogP contribution is -2.06. The zero-order valence-electron chi connectivity index (χ0n) is 15.0. The summed E-state index contributed by atoms with van der Waals surface area (Å²) in [4.78, 5) is 14.4. The predicted molar refractivity (Wildman–Crippen MR) is 97.5 cm³/mol. The van der Waals surface area contributed by atoms with Gasteiger partial charge in [-0.2, -0.15) is 0 Å². The van der Waals surface area contributed by atoms with E-state index >= 15 is 0 Å². The molecule has 0 radical (unpaired) electrons. The first-order valence-corrected chi connectivity index (χ1v) is 7.87. The molecule has 0 heterocycles. The summed E-state index contributed by atoms with van der Waals surface area (Å²) in [5.74, 6) is 1.28. The maximum atomic E-state index is 12.6. The average Bonchev–Trinajstić information content (AvgIpc) is 2.64. The van der Waals surface area contributed by atoms with E-state index in [4.69, 9.17) is 14.2 Å². The highest BCUT2D eigenvalue weighted by molar-refractivity contribution is 6.07. The van der Waals surface area contributed by atoms with E-state index in [9.17, 15) is 4.79 Å². The molecule has 0 amide bonds. The molecule has 132 valence electrons. The first-order chi connectivity index (χ1) is 12.0. The second kappa shape index (κ2) is 8.78. The smallest absolute Gasteiger partial charge is 0.191 e. The molecule has 0 aliphatic rings. The van der Waals surface area contributed by atoms with Crippen LogP contribution >= 0.6 is 0 Å². The first kappa shape index (κ1) is 18.4. The second-order valence-electron chi connectivity index (χ2n) is 5.62. The van der Waals surface area contributed by atoms with Crippen LogP contribution in [0.5, 0.6) is 17.2 Å². The van der Waals surface area contributed by atoms with E-state index < -0.39 is 0 Å². The SMILES string of the molecule is COc1cc(OCc2ccccc2)c(C(=O)C=CN(C)C)cc1OC. The summed E-state index contributed by atoms with van der Waals surface area (Å²) in [6, 6.07) is 13.1. The molecule has 0 aliphatic carbocycles. The van der Waals surface area contributed by atoms with E-state index in [1.54, 1.807) is 30.3 Å². The van der Waals surface area contributed by atoms with Gasteiger partial charge in [0.25, 0.3) is 0 Å². The van der Waals surface area contributed by atoms with Gasteiger partial charge in [0, 0.05) is 32.4 Å². The van der Waals surface area contributed by atoms with E-state index in [0.29, 0.717) is 29.4 Å². The maximum absolute atomic E-state index is 12.6. The molecular formula is C20H23NO4. The summed E-state index contributed by atoms with van der Waals surface area (Å²) < 4.78 is 16.5. The summed E-state index contributed by atoms with van der Waals surface area (Å²) in [5, 5.41) is 0. The molecule has 2 aromatic carbocycles. The van der Waals surface area contributed by atoms with Gasteiger partial charge in [-0.25, -0.2) is 0 Å². The van der Waals surface area contributed by atoms with Gasteiger partial charge in [-0.1, -0.05) is 30.3 Å². The molecule has 0 unspecified atom stereocenters. The number of allylic oxidation sites excluding steroid dienone is 1. The van der Waals surface area contributed by atoms with Crippen molar-refractivity contribution < 1.29 is 19.0 Å². The number of nitrogens with zero attached hydrogens (tertiary/aromatic N) is 1. The summed E-state index contributed by atoms with van der Waals surface area (Å²) in [6.45, 7) is 0.355. The predicted octanol–water partition coefficient (Wildman–Crippen LogP) is 3.54. The highest BCUT2D eigenvalue weighted by Gasteiger charge is 2.17. The van der Waals surface area contributed by atoms with Crippen LogP contribution < -0.4 is 14.2 Å². The summed E-state index contributed by atoms with van der Waals surface area (Å²) >= 11 is 0. The molecule has 0 saturated carbocycles. The Morgan fingerprint density at radius 2 is 1.64 bits per heavy atom. The van der Waals surface area contributed by atoms with E-state index in [0.717, 1.165) is 5.56 Å². The number of carbonyl (C=O) groups is 1. The molecule has 25 heavy (non-hydrogen) atoms. The minimum atomic E-state index is -0.169. The van der Waals surface area contributed by atoms with Crippen LogP contribution in [0.2, 0.25) is 0 Å². The van der Waals surface area contributed by atoms with Gasteiger partial charge in [0.1, 0.15) is 12.4 Å². The Labute approximate surface area is 148 Å². The van der Waals surface area contributed by atoms with Crippen molar-refractivity contribution in [1.82, 2.24) is 4.90 Å². The van der Waals surface area contributed by atoms with Crippen LogP contribution in [-0.2, 0) is 6.61 Å². The van der Waals surface area contributed by atoms with Crippen LogP contribution in [0.1, 0.15) is 15.9 Å². The Kier molecular flexibility index (Phi) is 6.46. The first-order valence-electron chi connectivity index (χ1n) is 7.87. The van der Waals surface area contributed by atoms with Gasteiger partial charge in [-0.3, -0.25) is 4.79 Å². The van der Waals surface area contributed by atoms with Crippen molar-refractivity contribution >= 4 is 5.78 Å². The Hall–Kier alpha value is -2.95. The standard InChI is InChI=1S/C20H23NO4/c1-21(2)11-10-17(22)16-12-19(23-3)20(24-4)13-18(16)25-14-15-8-6-5-7-9-15/h5-13H,14H2,1-4H3. The molecule has 0 saturated heterocycles. The number of rotatable bonds is 8. The van der Waals surface area contributed by atoms with Crippen LogP contribution in [0.4, 0.5) is 0 Å². The van der Waals surface area contributed by atoms with Gasteiger partial charge in [0.15, 0.2) is 17.3 Å². The van der Waals surface area contributed by atoms with Crippen molar-refractivity contribution in [1.29, 1.82) is 0 Å². The van der Waals surface area contributed by atoms with Gasteiger partial charge in [0.2, 0.25) is 0 Å². The van der Waals surface area contributed by atoms with Gasteiger partial charge in [0.05, 0.1) is 19.8 Å². The Morgan fingerprint density at radius 1 is 1.00 bits per heavy atom. The lowest BCUT2D eigenvalue weighted by Gasteiger charge is -2.15. The lowest BCUT2D eigenvalue weighted by atomic mass is 10.1. The normalized spacial score (nSPS) is 10.6. The highest BCUT2D eigenvalue weighted by Crippen LogP contribution is 2.35. The van der Waals surface area contributed by atoms with Crippen molar-refractivity contribution in [3.63, 3.8) is 0 Å². The number of methoxy groups -OCH3 is 2. The third-order valence-corrected chi connectivity index (χ3v) is 3.51. The largest absolute Gasteiger partial charge is 0.493 e. The van der Waals surface area contributed by atoms with Crippen molar-refractivity contribution in [3.05, 3.63) is 65.9 Å². The van der Waals surface area contributed by atoms with Gasteiger partial charge in [-0.15, -0.1) is 0 Å². The summed E-state index contributed by atoms with van der Waals surface area (Å²) in [5.41, 5.74) is 1.44. The van der Waals surface area contributed by atoms with Crippen LogP contribution in [0, 0.1) is 0 Å². The van der Waals surface area contributed by atoms with E-state index in [1.807, 2.05) is 44.4 Å². The Morgan fingerprint density at radius 3 is 2.24 bits per heavy atom. The number of ketones is 1. The highest BCUT2D eigenvalue weighted by atomic mass is 16.5. The third-order valence-electron chi connectivity index (χ3n) is 3.51. The van der Waals surface area contributed by atoms with Crippen molar-refractivity contribution in [2.75, 3.05) is 28.3 Å². The fourth-order valence-electron chi connectivity index (χ4n) is 2.21. The fourth-order valence-corrected chi connectivity index (χ4v) is 2.21. The molecule has 0 N–H and O–H groups in total.